The maximum absolute atomic E-state index is 13.2. The number of thiocarbonyl (C=S) groups is 1. The fourth-order valence-corrected chi connectivity index (χ4v) is 3.75. The molecule has 0 radical (unpaired) electrons. The SMILES string of the molecule is CCOc1cc(Br)c(/C=C2\C(=O)NC(=S)N(c3ccccc3C)C2=O)cc1OCC. The molecule has 0 saturated carbocycles. The topological polar surface area (TPSA) is 67.9 Å². The molecule has 6 nitrogen and oxygen atoms in total. The third kappa shape index (κ3) is 4.39. The Kier molecular flexibility index (Phi) is 6.89. The van der Waals surface area contributed by atoms with E-state index in [1.807, 2.05) is 39.0 Å². The molecular formula is C22H21BrN2O4S. The molecule has 0 bridgehead atoms. The van der Waals surface area contributed by atoms with Crippen LogP contribution in [0.25, 0.3) is 6.08 Å². The molecule has 3 rings (SSSR count). The van der Waals surface area contributed by atoms with Crippen LogP contribution in [-0.2, 0) is 9.59 Å². The van der Waals surface area contributed by atoms with Gasteiger partial charge in [-0.15, -0.1) is 0 Å². The van der Waals surface area contributed by atoms with E-state index in [0.29, 0.717) is 40.4 Å². The largest absolute Gasteiger partial charge is 0.490 e. The number of amides is 2. The molecule has 2 aromatic carbocycles. The van der Waals surface area contributed by atoms with Crippen LogP contribution in [0.1, 0.15) is 25.0 Å². The monoisotopic (exact) mass is 488 g/mol. The lowest BCUT2D eigenvalue weighted by Crippen LogP contribution is -2.54. The number of hydrogen-bond donors (Lipinski definition) is 1. The Morgan fingerprint density at radius 3 is 2.37 bits per heavy atom. The zero-order valence-electron chi connectivity index (χ0n) is 16.8. The smallest absolute Gasteiger partial charge is 0.270 e. The molecule has 1 heterocycles. The van der Waals surface area contributed by atoms with Crippen LogP contribution >= 0.6 is 28.1 Å². The Bertz CT molecular complexity index is 1050. The zero-order chi connectivity index (χ0) is 21.8. The van der Waals surface area contributed by atoms with E-state index in [4.69, 9.17) is 21.7 Å². The molecule has 2 aromatic rings. The van der Waals surface area contributed by atoms with Gasteiger partial charge in [-0.05, 0) is 68.4 Å². The summed E-state index contributed by atoms with van der Waals surface area (Å²) in [5.41, 5.74) is 2.07. The van der Waals surface area contributed by atoms with Gasteiger partial charge in [0, 0.05) is 4.47 Å². The van der Waals surface area contributed by atoms with Gasteiger partial charge in [0.2, 0.25) is 0 Å². The highest BCUT2D eigenvalue weighted by atomic mass is 79.9. The average Bonchev–Trinajstić information content (AvgIpc) is 2.69. The second-order valence-electron chi connectivity index (χ2n) is 6.43. The molecule has 0 atom stereocenters. The van der Waals surface area contributed by atoms with Gasteiger partial charge in [0.1, 0.15) is 5.57 Å². The van der Waals surface area contributed by atoms with Gasteiger partial charge in [0.15, 0.2) is 16.6 Å². The second kappa shape index (κ2) is 9.40. The molecule has 1 N–H and O–H groups in total. The van der Waals surface area contributed by atoms with Crippen molar-refractivity contribution in [1.82, 2.24) is 5.32 Å². The lowest BCUT2D eigenvalue weighted by Gasteiger charge is -2.30. The number of aryl methyl sites for hydroxylation is 1. The molecule has 0 aliphatic carbocycles. The minimum Gasteiger partial charge on any atom is -0.490 e. The van der Waals surface area contributed by atoms with E-state index in [1.165, 1.54) is 11.0 Å². The molecule has 0 spiro atoms. The quantitative estimate of drug-likeness (QED) is 0.371. The van der Waals surface area contributed by atoms with Crippen molar-refractivity contribution in [2.75, 3.05) is 18.1 Å². The molecule has 0 aromatic heterocycles. The standard InChI is InChI=1S/C22H21BrN2O4S/c1-4-28-18-11-14(16(23)12-19(18)29-5-2)10-15-20(26)24-22(30)25(21(15)27)17-9-7-6-8-13(17)3/h6-12H,4-5H2,1-3H3,(H,24,26,30)/b15-10+. The second-order valence-corrected chi connectivity index (χ2v) is 7.67. The van der Waals surface area contributed by atoms with Gasteiger partial charge in [-0.25, -0.2) is 0 Å². The highest BCUT2D eigenvalue weighted by Gasteiger charge is 2.35. The van der Waals surface area contributed by atoms with Crippen LogP contribution in [0.3, 0.4) is 0 Å². The van der Waals surface area contributed by atoms with Gasteiger partial charge in [-0.1, -0.05) is 34.1 Å². The summed E-state index contributed by atoms with van der Waals surface area (Å²) in [5, 5.41) is 2.66. The molecule has 30 heavy (non-hydrogen) atoms. The normalized spacial score (nSPS) is 15.4. The van der Waals surface area contributed by atoms with Crippen molar-refractivity contribution in [3.63, 3.8) is 0 Å². The number of anilines is 1. The number of para-hydroxylation sites is 1. The van der Waals surface area contributed by atoms with Gasteiger partial charge < -0.3 is 9.47 Å². The molecule has 156 valence electrons. The van der Waals surface area contributed by atoms with Gasteiger partial charge in [-0.3, -0.25) is 19.8 Å². The summed E-state index contributed by atoms with van der Waals surface area (Å²) in [6, 6.07) is 10.8. The number of rotatable bonds is 6. The number of carbonyl (C=O) groups excluding carboxylic acids is 2. The summed E-state index contributed by atoms with van der Waals surface area (Å²) in [4.78, 5) is 27.2. The van der Waals surface area contributed by atoms with Crippen molar-refractivity contribution in [3.8, 4) is 11.5 Å². The van der Waals surface area contributed by atoms with E-state index in [9.17, 15) is 9.59 Å². The fourth-order valence-electron chi connectivity index (χ4n) is 3.04. The summed E-state index contributed by atoms with van der Waals surface area (Å²) in [5.74, 6) is 0.0743. The van der Waals surface area contributed by atoms with Crippen LogP contribution in [0, 0.1) is 6.92 Å². The van der Waals surface area contributed by atoms with Crippen molar-refractivity contribution in [3.05, 3.63) is 57.6 Å². The summed E-state index contributed by atoms with van der Waals surface area (Å²) < 4.78 is 11.9. The van der Waals surface area contributed by atoms with Crippen LogP contribution in [0.15, 0.2) is 46.4 Å². The number of hydrogen-bond acceptors (Lipinski definition) is 5. The average molecular weight is 489 g/mol. The summed E-state index contributed by atoms with van der Waals surface area (Å²) in [6.07, 6.45) is 1.52. The van der Waals surface area contributed by atoms with Crippen molar-refractivity contribution < 1.29 is 19.1 Å². The summed E-state index contributed by atoms with van der Waals surface area (Å²) in [6.45, 7) is 6.56. The Morgan fingerprint density at radius 1 is 1.10 bits per heavy atom. The molecule has 1 aliphatic heterocycles. The minimum atomic E-state index is -0.548. The molecule has 2 amide bonds. The van der Waals surface area contributed by atoms with E-state index >= 15 is 0 Å². The van der Waals surface area contributed by atoms with E-state index < -0.39 is 11.8 Å². The van der Waals surface area contributed by atoms with Gasteiger partial charge in [-0.2, -0.15) is 0 Å². The summed E-state index contributed by atoms with van der Waals surface area (Å²) in [7, 11) is 0. The maximum atomic E-state index is 13.2. The Morgan fingerprint density at radius 2 is 1.73 bits per heavy atom. The first-order chi connectivity index (χ1) is 14.4. The van der Waals surface area contributed by atoms with Crippen molar-refractivity contribution in [2.24, 2.45) is 0 Å². The van der Waals surface area contributed by atoms with Crippen molar-refractivity contribution in [1.29, 1.82) is 0 Å². The first kappa shape index (κ1) is 22.0. The van der Waals surface area contributed by atoms with Gasteiger partial charge in [0.25, 0.3) is 11.8 Å². The maximum Gasteiger partial charge on any atom is 0.270 e. The van der Waals surface area contributed by atoms with E-state index in [1.54, 1.807) is 18.2 Å². The van der Waals surface area contributed by atoms with Crippen LogP contribution in [-0.4, -0.2) is 30.1 Å². The lowest BCUT2D eigenvalue weighted by atomic mass is 10.1. The molecular weight excluding hydrogens is 468 g/mol. The minimum absolute atomic E-state index is 0.0286. The predicted molar refractivity (Wildman–Crippen MR) is 124 cm³/mol. The van der Waals surface area contributed by atoms with E-state index in [-0.39, 0.29) is 10.7 Å². The fraction of sp³-hybridized carbons (Fsp3) is 0.227. The van der Waals surface area contributed by atoms with Gasteiger partial charge >= 0.3 is 0 Å². The molecule has 1 aliphatic rings. The first-order valence-electron chi connectivity index (χ1n) is 9.43. The Balaban J connectivity index is 2.06. The van der Waals surface area contributed by atoms with Gasteiger partial charge in [0.05, 0.1) is 18.9 Å². The third-order valence-corrected chi connectivity index (χ3v) is 5.39. The number of nitrogens with one attached hydrogen (secondary N) is 1. The van der Waals surface area contributed by atoms with Crippen LogP contribution in [0.5, 0.6) is 11.5 Å². The van der Waals surface area contributed by atoms with Crippen LogP contribution < -0.4 is 19.7 Å². The molecule has 8 heteroatoms. The molecule has 1 fully saturated rings. The number of ether oxygens (including phenoxy) is 2. The lowest BCUT2D eigenvalue weighted by molar-refractivity contribution is -0.122. The van der Waals surface area contributed by atoms with Crippen molar-refractivity contribution >= 4 is 56.8 Å². The Hall–Kier alpha value is -2.71. The molecule has 1 saturated heterocycles. The van der Waals surface area contributed by atoms with E-state index in [0.717, 1.165) is 5.56 Å². The highest BCUT2D eigenvalue weighted by Crippen LogP contribution is 2.35. The van der Waals surface area contributed by atoms with Crippen LogP contribution in [0.2, 0.25) is 0 Å². The molecule has 0 unspecified atom stereocenters. The number of nitrogens with zero attached hydrogens (tertiary/aromatic N) is 1. The predicted octanol–water partition coefficient (Wildman–Crippen LogP) is 4.39. The van der Waals surface area contributed by atoms with E-state index in [2.05, 4.69) is 21.2 Å². The van der Waals surface area contributed by atoms with Crippen LogP contribution in [0.4, 0.5) is 5.69 Å². The first-order valence-corrected chi connectivity index (χ1v) is 10.6. The van der Waals surface area contributed by atoms with Crippen molar-refractivity contribution in [2.45, 2.75) is 20.8 Å². The highest BCUT2D eigenvalue weighted by molar-refractivity contribution is 9.10. The number of benzene rings is 2. The third-order valence-electron chi connectivity index (χ3n) is 4.42. The zero-order valence-corrected chi connectivity index (χ0v) is 19.2. The number of carbonyl (C=O) groups is 2. The summed E-state index contributed by atoms with van der Waals surface area (Å²) >= 11 is 8.76. The Labute approximate surface area is 189 Å². The number of halogens is 1.